The fourth-order valence-electron chi connectivity index (χ4n) is 2.84. The van der Waals surface area contributed by atoms with E-state index in [4.69, 9.17) is 4.74 Å². The molecule has 4 heteroatoms. The fourth-order valence-corrected chi connectivity index (χ4v) is 2.84. The SMILES string of the molecule is CC1CN(C(=O)OC(C)(C)C)C2CCC(C2)N1. The van der Waals surface area contributed by atoms with Gasteiger partial charge in [-0.1, -0.05) is 0 Å². The van der Waals surface area contributed by atoms with Gasteiger partial charge in [0.15, 0.2) is 0 Å². The number of carbonyl (C=O) groups is 1. The molecule has 0 aromatic carbocycles. The maximum Gasteiger partial charge on any atom is 0.410 e. The molecule has 1 aliphatic carbocycles. The van der Waals surface area contributed by atoms with Crippen molar-refractivity contribution in [1.82, 2.24) is 10.2 Å². The van der Waals surface area contributed by atoms with Gasteiger partial charge in [-0.25, -0.2) is 4.79 Å². The molecule has 2 aliphatic rings. The molecular weight excluding hydrogens is 216 g/mol. The summed E-state index contributed by atoms with van der Waals surface area (Å²) in [6, 6.07) is 1.31. The number of nitrogens with one attached hydrogen (secondary N) is 1. The van der Waals surface area contributed by atoms with Gasteiger partial charge in [0.2, 0.25) is 0 Å². The van der Waals surface area contributed by atoms with Gasteiger partial charge in [0.05, 0.1) is 0 Å². The van der Waals surface area contributed by atoms with E-state index in [-0.39, 0.29) is 6.09 Å². The van der Waals surface area contributed by atoms with Crippen molar-refractivity contribution in [3.63, 3.8) is 0 Å². The predicted molar refractivity (Wildman–Crippen MR) is 67.0 cm³/mol. The molecule has 3 atom stereocenters. The fraction of sp³-hybridized carbons (Fsp3) is 0.923. The second-order valence-corrected chi connectivity index (χ2v) is 6.36. The Balaban J connectivity index is 2.05. The summed E-state index contributed by atoms with van der Waals surface area (Å²) in [5.74, 6) is 0. The minimum Gasteiger partial charge on any atom is -0.444 e. The molecule has 0 aromatic heterocycles. The zero-order chi connectivity index (χ0) is 12.6. The minimum atomic E-state index is -0.405. The van der Waals surface area contributed by atoms with E-state index in [0.29, 0.717) is 18.1 Å². The lowest BCUT2D eigenvalue weighted by Gasteiger charge is -2.32. The van der Waals surface area contributed by atoms with Crippen LogP contribution in [0, 0.1) is 0 Å². The Hall–Kier alpha value is -0.770. The third-order valence-corrected chi connectivity index (χ3v) is 3.46. The largest absolute Gasteiger partial charge is 0.444 e. The average molecular weight is 240 g/mol. The highest BCUT2D eigenvalue weighted by atomic mass is 16.6. The van der Waals surface area contributed by atoms with E-state index in [0.717, 1.165) is 19.4 Å². The third-order valence-electron chi connectivity index (χ3n) is 3.46. The van der Waals surface area contributed by atoms with Crippen LogP contribution in [0.5, 0.6) is 0 Å². The van der Waals surface area contributed by atoms with E-state index < -0.39 is 5.60 Å². The van der Waals surface area contributed by atoms with Crippen molar-refractivity contribution in [2.75, 3.05) is 6.54 Å². The number of hydrogen-bond donors (Lipinski definition) is 1. The predicted octanol–water partition coefficient (Wildman–Crippen LogP) is 2.14. The van der Waals surface area contributed by atoms with Crippen LogP contribution >= 0.6 is 0 Å². The van der Waals surface area contributed by atoms with E-state index in [9.17, 15) is 4.79 Å². The van der Waals surface area contributed by atoms with Crippen LogP contribution in [-0.2, 0) is 4.74 Å². The first-order chi connectivity index (χ1) is 7.85. The lowest BCUT2D eigenvalue weighted by molar-refractivity contribution is 0.0161. The lowest BCUT2D eigenvalue weighted by Crippen LogP contribution is -2.47. The van der Waals surface area contributed by atoms with Crippen molar-refractivity contribution in [2.24, 2.45) is 0 Å². The normalized spacial score (nSPS) is 33.4. The monoisotopic (exact) mass is 240 g/mol. The molecule has 1 amide bonds. The summed E-state index contributed by atoms with van der Waals surface area (Å²) in [6.07, 6.45) is 3.19. The molecule has 1 N–H and O–H groups in total. The van der Waals surface area contributed by atoms with Crippen molar-refractivity contribution in [1.29, 1.82) is 0 Å². The third kappa shape index (κ3) is 3.12. The molecule has 2 bridgehead atoms. The molecule has 4 nitrogen and oxygen atoms in total. The number of ether oxygens (including phenoxy) is 1. The quantitative estimate of drug-likeness (QED) is 0.705. The van der Waals surface area contributed by atoms with Gasteiger partial charge in [-0.3, -0.25) is 0 Å². The highest BCUT2D eigenvalue weighted by molar-refractivity contribution is 5.68. The van der Waals surface area contributed by atoms with E-state index in [2.05, 4.69) is 12.2 Å². The second kappa shape index (κ2) is 4.48. The Bertz CT molecular complexity index is 298. The van der Waals surface area contributed by atoms with Crippen LogP contribution in [0.3, 0.4) is 0 Å². The van der Waals surface area contributed by atoms with Crippen LogP contribution in [0.15, 0.2) is 0 Å². The number of fused-ring (bicyclic) bond motifs is 2. The molecule has 98 valence electrons. The summed E-state index contributed by atoms with van der Waals surface area (Å²) in [7, 11) is 0. The Morgan fingerprint density at radius 1 is 1.35 bits per heavy atom. The van der Waals surface area contributed by atoms with Gasteiger partial charge in [0, 0.05) is 24.7 Å². The first kappa shape index (κ1) is 12.7. The maximum atomic E-state index is 12.2. The smallest absolute Gasteiger partial charge is 0.410 e. The first-order valence-electron chi connectivity index (χ1n) is 6.61. The summed E-state index contributed by atoms with van der Waals surface area (Å²) in [6.45, 7) is 8.65. The summed E-state index contributed by atoms with van der Waals surface area (Å²) in [5.41, 5.74) is -0.405. The van der Waals surface area contributed by atoms with E-state index in [1.165, 1.54) is 6.42 Å². The Labute approximate surface area is 104 Å². The molecule has 1 heterocycles. The zero-order valence-electron chi connectivity index (χ0n) is 11.3. The van der Waals surface area contributed by atoms with Gasteiger partial charge in [0.25, 0.3) is 0 Å². The standard InChI is InChI=1S/C13H24N2O2/c1-9-8-15(12(16)17-13(2,3)4)11-6-5-10(7-11)14-9/h9-11,14H,5-8H2,1-4H3. The second-order valence-electron chi connectivity index (χ2n) is 6.36. The molecule has 0 spiro atoms. The van der Waals surface area contributed by atoms with Crippen molar-refractivity contribution < 1.29 is 9.53 Å². The van der Waals surface area contributed by atoms with Gasteiger partial charge >= 0.3 is 6.09 Å². The van der Waals surface area contributed by atoms with Gasteiger partial charge in [0.1, 0.15) is 5.60 Å². The Morgan fingerprint density at radius 3 is 2.71 bits per heavy atom. The van der Waals surface area contributed by atoms with Crippen LogP contribution in [0.2, 0.25) is 0 Å². The Morgan fingerprint density at radius 2 is 2.06 bits per heavy atom. The molecule has 0 aromatic rings. The van der Waals surface area contributed by atoms with Crippen LogP contribution in [0.1, 0.15) is 47.0 Å². The van der Waals surface area contributed by atoms with Gasteiger partial charge in [-0.05, 0) is 47.0 Å². The van der Waals surface area contributed by atoms with E-state index >= 15 is 0 Å². The van der Waals surface area contributed by atoms with Gasteiger partial charge < -0.3 is 15.0 Å². The number of carbonyl (C=O) groups excluding carboxylic acids is 1. The van der Waals surface area contributed by atoms with Crippen molar-refractivity contribution in [3.05, 3.63) is 0 Å². The summed E-state index contributed by atoms with van der Waals surface area (Å²) in [5, 5.41) is 3.57. The van der Waals surface area contributed by atoms with Crippen molar-refractivity contribution >= 4 is 6.09 Å². The topological polar surface area (TPSA) is 41.6 Å². The summed E-state index contributed by atoms with van der Waals surface area (Å²) in [4.78, 5) is 14.1. The van der Waals surface area contributed by atoms with E-state index in [1.807, 2.05) is 25.7 Å². The molecular formula is C13H24N2O2. The van der Waals surface area contributed by atoms with Crippen LogP contribution in [0.25, 0.3) is 0 Å². The van der Waals surface area contributed by atoms with Gasteiger partial charge in [-0.2, -0.15) is 0 Å². The highest BCUT2D eigenvalue weighted by Gasteiger charge is 2.38. The average Bonchev–Trinajstić information content (AvgIpc) is 2.50. The molecule has 3 unspecified atom stereocenters. The molecule has 1 saturated carbocycles. The summed E-state index contributed by atoms with van der Waals surface area (Å²) >= 11 is 0. The molecule has 2 fully saturated rings. The van der Waals surface area contributed by atoms with Crippen LogP contribution in [-0.4, -0.2) is 41.3 Å². The number of amides is 1. The van der Waals surface area contributed by atoms with E-state index in [1.54, 1.807) is 0 Å². The first-order valence-corrected chi connectivity index (χ1v) is 6.61. The molecule has 0 radical (unpaired) electrons. The van der Waals surface area contributed by atoms with Crippen molar-refractivity contribution in [2.45, 2.75) is 70.7 Å². The zero-order valence-corrected chi connectivity index (χ0v) is 11.3. The molecule has 17 heavy (non-hydrogen) atoms. The highest BCUT2D eigenvalue weighted by Crippen LogP contribution is 2.28. The van der Waals surface area contributed by atoms with Crippen LogP contribution < -0.4 is 5.32 Å². The molecule has 1 saturated heterocycles. The lowest BCUT2D eigenvalue weighted by atomic mass is 10.2. The molecule has 1 aliphatic heterocycles. The Kier molecular flexibility index (Phi) is 3.34. The number of nitrogens with zero attached hydrogens (tertiary/aromatic N) is 1. The van der Waals surface area contributed by atoms with Crippen LogP contribution in [0.4, 0.5) is 4.79 Å². The molecule has 2 rings (SSSR count). The number of hydrogen-bond acceptors (Lipinski definition) is 3. The van der Waals surface area contributed by atoms with Crippen molar-refractivity contribution in [3.8, 4) is 0 Å². The maximum absolute atomic E-state index is 12.2. The van der Waals surface area contributed by atoms with Gasteiger partial charge in [-0.15, -0.1) is 0 Å². The number of rotatable bonds is 0. The minimum absolute atomic E-state index is 0.154. The summed E-state index contributed by atoms with van der Waals surface area (Å²) < 4.78 is 5.49.